The van der Waals surface area contributed by atoms with Crippen LogP contribution in [0.4, 0.5) is 5.69 Å². The van der Waals surface area contributed by atoms with Gasteiger partial charge in [0.25, 0.3) is 0 Å². The number of aryl methyl sites for hydroxylation is 1. The first-order chi connectivity index (χ1) is 12.1. The minimum Gasteiger partial charge on any atom is -0.326 e. The third-order valence-corrected chi connectivity index (χ3v) is 4.57. The standard InChI is InChI=1S/C16H18N6O2S.ClH/c1-10-9-25-16(24)22(10)7-6-14(23)18-12-4-2-11(3-5-12)15-19-13(8-17)20-21-15;/h2-5,9H,6-8,17H2,1H3,(H,18,23)(H,19,20,21);1H. The Balaban J connectivity index is 0.00000243. The molecule has 0 fully saturated rings. The zero-order chi connectivity index (χ0) is 17.8. The summed E-state index contributed by atoms with van der Waals surface area (Å²) in [5, 5.41) is 11.5. The van der Waals surface area contributed by atoms with Crippen molar-refractivity contribution in [2.45, 2.75) is 26.4 Å². The molecule has 4 N–H and O–H groups in total. The van der Waals surface area contributed by atoms with E-state index < -0.39 is 0 Å². The average molecular weight is 395 g/mol. The molecule has 0 unspecified atom stereocenters. The summed E-state index contributed by atoms with van der Waals surface area (Å²) in [5.41, 5.74) is 7.88. The van der Waals surface area contributed by atoms with Crippen molar-refractivity contribution < 1.29 is 4.79 Å². The maximum Gasteiger partial charge on any atom is 0.307 e. The summed E-state index contributed by atoms with van der Waals surface area (Å²) in [6.45, 7) is 2.53. The molecule has 0 aliphatic carbocycles. The molecule has 138 valence electrons. The van der Waals surface area contributed by atoms with Gasteiger partial charge in [0.05, 0.1) is 6.54 Å². The van der Waals surface area contributed by atoms with E-state index in [1.54, 1.807) is 22.1 Å². The van der Waals surface area contributed by atoms with E-state index in [1.165, 1.54) is 0 Å². The second-order valence-electron chi connectivity index (χ2n) is 5.48. The Morgan fingerprint density at radius 2 is 2.08 bits per heavy atom. The Kier molecular flexibility index (Phi) is 6.67. The van der Waals surface area contributed by atoms with Crippen LogP contribution < -0.4 is 15.9 Å². The third kappa shape index (κ3) is 4.57. The molecule has 8 nitrogen and oxygen atoms in total. The highest BCUT2D eigenvalue weighted by molar-refractivity contribution is 7.07. The summed E-state index contributed by atoms with van der Waals surface area (Å²) >= 11 is 1.14. The lowest BCUT2D eigenvalue weighted by Gasteiger charge is -2.07. The molecule has 0 saturated heterocycles. The second kappa shape index (κ2) is 8.75. The Morgan fingerprint density at radius 1 is 1.35 bits per heavy atom. The van der Waals surface area contributed by atoms with Gasteiger partial charge in [-0.2, -0.15) is 5.10 Å². The van der Waals surface area contributed by atoms with E-state index in [-0.39, 0.29) is 29.6 Å². The summed E-state index contributed by atoms with van der Waals surface area (Å²) in [6, 6.07) is 7.22. The number of carbonyl (C=O) groups excluding carboxylic acids is 1. The molecule has 0 spiro atoms. The predicted octanol–water partition coefficient (Wildman–Crippen LogP) is 1.91. The van der Waals surface area contributed by atoms with Gasteiger partial charge in [-0.15, -0.1) is 12.4 Å². The zero-order valence-corrected chi connectivity index (χ0v) is 15.7. The lowest BCUT2D eigenvalue weighted by molar-refractivity contribution is -0.116. The number of rotatable bonds is 6. The molecule has 10 heteroatoms. The van der Waals surface area contributed by atoms with Crippen LogP contribution in [0, 0.1) is 6.92 Å². The van der Waals surface area contributed by atoms with Crippen LogP contribution in [0.2, 0.25) is 0 Å². The minimum absolute atomic E-state index is 0. The zero-order valence-electron chi connectivity index (χ0n) is 14.1. The van der Waals surface area contributed by atoms with Crippen LogP contribution in [0.15, 0.2) is 34.4 Å². The number of anilines is 1. The van der Waals surface area contributed by atoms with Crippen molar-refractivity contribution in [3.63, 3.8) is 0 Å². The van der Waals surface area contributed by atoms with Crippen molar-refractivity contribution in [3.8, 4) is 11.4 Å². The molecule has 0 bridgehead atoms. The average Bonchev–Trinajstić information content (AvgIpc) is 3.21. The van der Waals surface area contributed by atoms with Gasteiger partial charge in [0, 0.05) is 35.3 Å². The van der Waals surface area contributed by atoms with E-state index in [9.17, 15) is 9.59 Å². The quantitative estimate of drug-likeness (QED) is 0.590. The Hall–Kier alpha value is -2.49. The second-order valence-corrected chi connectivity index (χ2v) is 6.30. The van der Waals surface area contributed by atoms with Gasteiger partial charge in [0.1, 0.15) is 5.82 Å². The Bertz CT molecular complexity index is 931. The molecule has 1 amide bonds. The van der Waals surface area contributed by atoms with Crippen LogP contribution >= 0.6 is 23.7 Å². The molecule has 1 aromatic carbocycles. The number of carbonyl (C=O) groups is 1. The number of aromatic nitrogens is 4. The number of benzene rings is 1. The summed E-state index contributed by atoms with van der Waals surface area (Å²) in [7, 11) is 0. The summed E-state index contributed by atoms with van der Waals surface area (Å²) in [6.07, 6.45) is 0.236. The van der Waals surface area contributed by atoms with Gasteiger partial charge in [0.2, 0.25) is 5.91 Å². The molecule has 2 heterocycles. The van der Waals surface area contributed by atoms with Gasteiger partial charge in [-0.1, -0.05) is 11.3 Å². The van der Waals surface area contributed by atoms with Gasteiger partial charge in [0.15, 0.2) is 5.82 Å². The van der Waals surface area contributed by atoms with Crippen molar-refractivity contribution in [3.05, 3.63) is 50.8 Å². The van der Waals surface area contributed by atoms with Gasteiger partial charge < -0.3 is 15.6 Å². The molecule has 26 heavy (non-hydrogen) atoms. The van der Waals surface area contributed by atoms with Crippen molar-refractivity contribution in [1.82, 2.24) is 19.7 Å². The highest BCUT2D eigenvalue weighted by Crippen LogP contribution is 2.18. The number of H-pyrrole nitrogens is 1. The normalized spacial score (nSPS) is 10.4. The predicted molar refractivity (Wildman–Crippen MR) is 104 cm³/mol. The first-order valence-electron chi connectivity index (χ1n) is 7.73. The fourth-order valence-corrected chi connectivity index (χ4v) is 3.09. The van der Waals surface area contributed by atoms with Crippen molar-refractivity contribution in [1.29, 1.82) is 0 Å². The summed E-state index contributed by atoms with van der Waals surface area (Å²) in [4.78, 5) is 27.9. The molecule has 0 saturated carbocycles. The van der Waals surface area contributed by atoms with E-state index in [0.29, 0.717) is 30.4 Å². The van der Waals surface area contributed by atoms with E-state index >= 15 is 0 Å². The lowest BCUT2D eigenvalue weighted by atomic mass is 10.2. The molecule has 2 aromatic heterocycles. The van der Waals surface area contributed by atoms with E-state index in [2.05, 4.69) is 20.5 Å². The van der Waals surface area contributed by atoms with Crippen molar-refractivity contribution >= 4 is 35.3 Å². The summed E-state index contributed by atoms with van der Waals surface area (Å²) < 4.78 is 1.60. The molecule has 0 radical (unpaired) electrons. The smallest absolute Gasteiger partial charge is 0.307 e. The van der Waals surface area contributed by atoms with E-state index in [0.717, 1.165) is 22.6 Å². The number of aromatic amines is 1. The van der Waals surface area contributed by atoms with Crippen molar-refractivity contribution in [2.24, 2.45) is 5.73 Å². The number of hydrogen-bond donors (Lipinski definition) is 3. The SMILES string of the molecule is Cc1csc(=O)n1CCC(=O)Nc1ccc(-c2n[nH]c(CN)n2)cc1.Cl. The van der Waals surface area contributed by atoms with Gasteiger partial charge in [-0.3, -0.25) is 14.7 Å². The number of nitrogens with one attached hydrogen (secondary N) is 2. The van der Waals surface area contributed by atoms with Crippen LogP contribution in [0.5, 0.6) is 0 Å². The van der Waals surface area contributed by atoms with Crippen LogP contribution in [0.3, 0.4) is 0 Å². The molecule has 0 aliphatic rings. The van der Waals surface area contributed by atoms with Crippen molar-refractivity contribution in [2.75, 3.05) is 5.32 Å². The Morgan fingerprint density at radius 3 is 2.65 bits per heavy atom. The summed E-state index contributed by atoms with van der Waals surface area (Å²) in [5.74, 6) is 1.03. The fourth-order valence-electron chi connectivity index (χ4n) is 2.33. The van der Waals surface area contributed by atoms with Gasteiger partial charge >= 0.3 is 4.87 Å². The first kappa shape index (κ1) is 19.8. The molecule has 0 aliphatic heterocycles. The highest BCUT2D eigenvalue weighted by atomic mass is 35.5. The maximum atomic E-state index is 12.1. The third-order valence-electron chi connectivity index (χ3n) is 3.69. The molecular weight excluding hydrogens is 376 g/mol. The molecular formula is C16H19ClN6O2S. The number of nitrogens with zero attached hydrogens (tertiary/aromatic N) is 3. The van der Waals surface area contributed by atoms with Crippen LogP contribution in [-0.4, -0.2) is 25.7 Å². The number of amides is 1. The van der Waals surface area contributed by atoms with Crippen LogP contribution in [0.1, 0.15) is 17.9 Å². The topological polar surface area (TPSA) is 119 Å². The molecule has 0 atom stereocenters. The number of halogens is 1. The number of thiazole rings is 1. The molecule has 3 aromatic rings. The number of nitrogens with two attached hydrogens (primary N) is 1. The maximum absolute atomic E-state index is 12.1. The first-order valence-corrected chi connectivity index (χ1v) is 8.61. The number of hydrogen-bond acceptors (Lipinski definition) is 6. The van der Waals surface area contributed by atoms with Crippen LogP contribution in [0.25, 0.3) is 11.4 Å². The monoisotopic (exact) mass is 394 g/mol. The van der Waals surface area contributed by atoms with Crippen LogP contribution in [-0.2, 0) is 17.9 Å². The fraction of sp³-hybridized carbons (Fsp3) is 0.250. The van der Waals surface area contributed by atoms with Gasteiger partial charge in [-0.05, 0) is 31.2 Å². The lowest BCUT2D eigenvalue weighted by Crippen LogP contribution is -2.20. The minimum atomic E-state index is -0.145. The van der Waals surface area contributed by atoms with E-state index in [4.69, 9.17) is 5.73 Å². The van der Waals surface area contributed by atoms with E-state index in [1.807, 2.05) is 19.1 Å². The Labute approximate surface area is 159 Å². The molecule has 3 rings (SSSR count). The largest absolute Gasteiger partial charge is 0.326 e. The highest BCUT2D eigenvalue weighted by Gasteiger charge is 2.08. The van der Waals surface area contributed by atoms with Gasteiger partial charge in [-0.25, -0.2) is 4.98 Å².